The van der Waals surface area contributed by atoms with E-state index in [0.29, 0.717) is 38.3 Å². The summed E-state index contributed by atoms with van der Waals surface area (Å²) in [6, 6.07) is 5.13. The summed E-state index contributed by atoms with van der Waals surface area (Å²) >= 11 is 0. The van der Waals surface area contributed by atoms with Crippen LogP contribution < -0.4 is 10.6 Å². The molecule has 1 amide bonds. The molecule has 2 N–H and O–H groups in total. The molecule has 1 heterocycles. The van der Waals surface area contributed by atoms with E-state index in [1.54, 1.807) is 6.07 Å². The number of carbonyl (C=O) groups excluding carboxylic acids is 1. The van der Waals surface area contributed by atoms with Crippen LogP contribution in [-0.4, -0.2) is 41.9 Å². The van der Waals surface area contributed by atoms with Gasteiger partial charge >= 0.3 is 0 Å². The molecule has 1 aliphatic rings. The zero-order valence-corrected chi connectivity index (χ0v) is 12.1. The first-order valence-corrected chi connectivity index (χ1v) is 7.10. The predicted octanol–water partition coefficient (Wildman–Crippen LogP) is 1.35. The maximum absolute atomic E-state index is 11.3. The molecule has 1 fully saturated rings. The molecule has 7 heteroatoms. The van der Waals surface area contributed by atoms with Crippen molar-refractivity contribution in [2.75, 3.05) is 31.5 Å². The smallest absolute Gasteiger partial charge is 0.292 e. The zero-order chi connectivity index (χ0) is 15.2. The number of benzene rings is 1. The molecular formula is C14H20N4O3. The molecule has 0 atom stereocenters. The number of hydrogen-bond donors (Lipinski definition) is 2. The van der Waals surface area contributed by atoms with E-state index < -0.39 is 0 Å². The molecule has 0 aliphatic carbocycles. The SMILES string of the molecule is CCNc1cc(CN2CCNC(=O)CC2)ccc1[N+](=O)[O-]. The Bertz CT molecular complexity index is 533. The third-order valence-electron chi connectivity index (χ3n) is 3.44. The molecule has 1 aromatic carbocycles. The molecule has 0 saturated carbocycles. The third-order valence-corrected chi connectivity index (χ3v) is 3.44. The molecular weight excluding hydrogens is 272 g/mol. The van der Waals surface area contributed by atoms with Gasteiger partial charge in [0.15, 0.2) is 0 Å². The van der Waals surface area contributed by atoms with Gasteiger partial charge in [0.25, 0.3) is 5.69 Å². The van der Waals surface area contributed by atoms with Gasteiger partial charge < -0.3 is 10.6 Å². The lowest BCUT2D eigenvalue weighted by molar-refractivity contribution is -0.384. The van der Waals surface area contributed by atoms with E-state index >= 15 is 0 Å². The summed E-state index contributed by atoms with van der Waals surface area (Å²) in [5.74, 6) is 0.0783. The van der Waals surface area contributed by atoms with E-state index in [1.165, 1.54) is 6.07 Å². The largest absolute Gasteiger partial charge is 0.380 e. The molecule has 0 radical (unpaired) electrons. The lowest BCUT2D eigenvalue weighted by atomic mass is 10.1. The lowest BCUT2D eigenvalue weighted by Gasteiger charge is -2.19. The first-order valence-electron chi connectivity index (χ1n) is 7.10. The Morgan fingerprint density at radius 3 is 2.95 bits per heavy atom. The Morgan fingerprint density at radius 1 is 1.43 bits per heavy atom. The normalized spacial score (nSPS) is 16.1. The highest BCUT2D eigenvalue weighted by Crippen LogP contribution is 2.26. The summed E-state index contributed by atoms with van der Waals surface area (Å²) < 4.78 is 0. The number of nitrogens with zero attached hydrogens (tertiary/aromatic N) is 2. The van der Waals surface area contributed by atoms with E-state index in [2.05, 4.69) is 15.5 Å². The standard InChI is InChI=1S/C14H20N4O3/c1-2-15-12-9-11(3-4-13(12)18(20)21)10-17-7-5-14(19)16-6-8-17/h3-4,9,15H,2,5-8,10H2,1H3,(H,16,19). The van der Waals surface area contributed by atoms with Gasteiger partial charge in [0.05, 0.1) is 4.92 Å². The fourth-order valence-electron chi connectivity index (χ4n) is 2.40. The van der Waals surface area contributed by atoms with Gasteiger partial charge in [0.1, 0.15) is 5.69 Å². The predicted molar refractivity (Wildman–Crippen MR) is 80.2 cm³/mol. The quantitative estimate of drug-likeness (QED) is 0.632. The van der Waals surface area contributed by atoms with E-state index in [4.69, 9.17) is 0 Å². The van der Waals surface area contributed by atoms with Crippen molar-refractivity contribution in [3.8, 4) is 0 Å². The summed E-state index contributed by atoms with van der Waals surface area (Å²) in [6.45, 7) is 5.37. The Morgan fingerprint density at radius 2 is 2.24 bits per heavy atom. The Labute approximate surface area is 123 Å². The second kappa shape index (κ2) is 7.03. The minimum atomic E-state index is -0.379. The van der Waals surface area contributed by atoms with Gasteiger partial charge in [-0.1, -0.05) is 6.07 Å². The van der Waals surface area contributed by atoms with Gasteiger partial charge in [-0.05, 0) is 18.6 Å². The average Bonchev–Trinajstić information content (AvgIpc) is 2.64. The van der Waals surface area contributed by atoms with Crippen LogP contribution in [0.15, 0.2) is 18.2 Å². The van der Waals surface area contributed by atoms with Crippen LogP contribution in [0, 0.1) is 10.1 Å². The van der Waals surface area contributed by atoms with Crippen LogP contribution in [-0.2, 0) is 11.3 Å². The molecule has 1 saturated heterocycles. The summed E-state index contributed by atoms with van der Waals surface area (Å²) in [7, 11) is 0. The van der Waals surface area contributed by atoms with Crippen LogP contribution in [0.5, 0.6) is 0 Å². The summed E-state index contributed by atoms with van der Waals surface area (Å²) in [4.78, 5) is 24.1. The molecule has 1 aromatic rings. The number of amides is 1. The van der Waals surface area contributed by atoms with E-state index in [1.807, 2.05) is 13.0 Å². The highest BCUT2D eigenvalue weighted by atomic mass is 16.6. The molecule has 0 spiro atoms. The monoisotopic (exact) mass is 292 g/mol. The molecule has 1 aliphatic heterocycles. The zero-order valence-electron chi connectivity index (χ0n) is 12.1. The van der Waals surface area contributed by atoms with Crippen molar-refractivity contribution in [2.24, 2.45) is 0 Å². The van der Waals surface area contributed by atoms with Gasteiger partial charge in [-0.15, -0.1) is 0 Å². The van der Waals surface area contributed by atoms with E-state index in [-0.39, 0.29) is 16.5 Å². The second-order valence-corrected chi connectivity index (χ2v) is 5.02. The molecule has 114 valence electrons. The van der Waals surface area contributed by atoms with Crippen LogP contribution in [0.25, 0.3) is 0 Å². The first kappa shape index (κ1) is 15.2. The van der Waals surface area contributed by atoms with Gasteiger partial charge in [-0.3, -0.25) is 19.8 Å². The van der Waals surface area contributed by atoms with Gasteiger partial charge in [0, 0.05) is 45.2 Å². The van der Waals surface area contributed by atoms with E-state index in [0.717, 1.165) is 12.1 Å². The minimum Gasteiger partial charge on any atom is -0.380 e. The Hall–Kier alpha value is -2.15. The van der Waals surface area contributed by atoms with Gasteiger partial charge in [-0.2, -0.15) is 0 Å². The summed E-state index contributed by atoms with van der Waals surface area (Å²) in [5, 5.41) is 16.9. The number of rotatable bonds is 5. The van der Waals surface area contributed by atoms with Crippen LogP contribution >= 0.6 is 0 Å². The maximum Gasteiger partial charge on any atom is 0.292 e. The Kier molecular flexibility index (Phi) is 5.10. The second-order valence-electron chi connectivity index (χ2n) is 5.02. The topological polar surface area (TPSA) is 87.5 Å². The van der Waals surface area contributed by atoms with Crippen LogP contribution in [0.3, 0.4) is 0 Å². The highest BCUT2D eigenvalue weighted by molar-refractivity contribution is 5.76. The number of nitro groups is 1. The maximum atomic E-state index is 11.3. The highest BCUT2D eigenvalue weighted by Gasteiger charge is 2.17. The molecule has 2 rings (SSSR count). The molecule has 7 nitrogen and oxygen atoms in total. The van der Waals surface area contributed by atoms with Crippen molar-refractivity contribution >= 4 is 17.3 Å². The molecule has 0 aromatic heterocycles. The molecule has 0 unspecified atom stereocenters. The molecule has 21 heavy (non-hydrogen) atoms. The summed E-state index contributed by atoms with van der Waals surface area (Å²) in [6.07, 6.45) is 0.493. The average molecular weight is 292 g/mol. The van der Waals surface area contributed by atoms with Gasteiger partial charge in [-0.25, -0.2) is 0 Å². The van der Waals surface area contributed by atoms with Crippen LogP contribution in [0.2, 0.25) is 0 Å². The number of anilines is 1. The number of carbonyl (C=O) groups is 1. The molecule has 0 bridgehead atoms. The van der Waals surface area contributed by atoms with Crippen molar-refractivity contribution in [3.05, 3.63) is 33.9 Å². The van der Waals surface area contributed by atoms with Crippen LogP contribution in [0.4, 0.5) is 11.4 Å². The van der Waals surface area contributed by atoms with Crippen molar-refractivity contribution in [2.45, 2.75) is 19.9 Å². The Balaban J connectivity index is 2.10. The van der Waals surface area contributed by atoms with E-state index in [9.17, 15) is 14.9 Å². The fraction of sp³-hybridized carbons (Fsp3) is 0.500. The van der Waals surface area contributed by atoms with Crippen LogP contribution in [0.1, 0.15) is 18.9 Å². The fourth-order valence-corrected chi connectivity index (χ4v) is 2.40. The van der Waals surface area contributed by atoms with Crippen molar-refractivity contribution in [1.29, 1.82) is 0 Å². The number of nitro benzene ring substituents is 1. The van der Waals surface area contributed by atoms with Crippen molar-refractivity contribution in [1.82, 2.24) is 10.2 Å². The third kappa shape index (κ3) is 4.16. The van der Waals surface area contributed by atoms with Crippen molar-refractivity contribution < 1.29 is 9.72 Å². The number of hydrogen-bond acceptors (Lipinski definition) is 5. The van der Waals surface area contributed by atoms with Gasteiger partial charge in [0.2, 0.25) is 5.91 Å². The summed E-state index contributed by atoms with van der Waals surface area (Å²) in [5.41, 5.74) is 1.64. The number of nitrogens with one attached hydrogen (secondary N) is 2. The first-order chi connectivity index (χ1) is 10.1. The lowest BCUT2D eigenvalue weighted by Crippen LogP contribution is -2.28. The van der Waals surface area contributed by atoms with Crippen molar-refractivity contribution in [3.63, 3.8) is 0 Å². The minimum absolute atomic E-state index is 0.0783.